The highest BCUT2D eigenvalue weighted by atomic mass is 35.5. The lowest BCUT2D eigenvalue weighted by Crippen LogP contribution is -2.39. The molecular formula is C11H11ClF5NO2S. The van der Waals surface area contributed by atoms with Crippen LogP contribution in [0.1, 0.15) is 12.5 Å². The largest absolute Gasteiger partial charge is 0.402 e. The van der Waals surface area contributed by atoms with Crippen molar-refractivity contribution in [2.24, 2.45) is 0 Å². The summed E-state index contributed by atoms with van der Waals surface area (Å²) in [6.45, 7) is -1.11. The topological polar surface area (TPSA) is 37.4 Å². The van der Waals surface area contributed by atoms with Gasteiger partial charge in [0.25, 0.3) is 0 Å². The van der Waals surface area contributed by atoms with Gasteiger partial charge in [-0.25, -0.2) is 17.2 Å². The van der Waals surface area contributed by atoms with Crippen molar-refractivity contribution in [2.75, 3.05) is 13.1 Å². The van der Waals surface area contributed by atoms with Crippen molar-refractivity contribution in [1.82, 2.24) is 4.31 Å². The molecule has 0 aliphatic rings. The maximum absolute atomic E-state index is 13.9. The fourth-order valence-corrected chi connectivity index (χ4v) is 3.37. The summed E-state index contributed by atoms with van der Waals surface area (Å²) in [6.07, 6.45) is -4.78. The van der Waals surface area contributed by atoms with E-state index in [9.17, 15) is 30.4 Å². The monoisotopic (exact) mass is 351 g/mol. The van der Waals surface area contributed by atoms with E-state index in [2.05, 4.69) is 0 Å². The number of benzene rings is 1. The molecule has 0 heterocycles. The van der Waals surface area contributed by atoms with E-state index in [1.54, 1.807) is 0 Å². The van der Waals surface area contributed by atoms with E-state index >= 15 is 0 Å². The molecule has 120 valence electrons. The SMILES string of the molecule is CCN(CC(F)(F)F)S(=O)(=O)c1ccc(F)c(CCl)c1F. The Balaban J connectivity index is 3.36. The molecule has 3 nitrogen and oxygen atoms in total. The van der Waals surface area contributed by atoms with Crippen LogP contribution in [0.25, 0.3) is 0 Å². The van der Waals surface area contributed by atoms with Gasteiger partial charge in [0, 0.05) is 12.1 Å². The molecule has 0 aliphatic heterocycles. The zero-order valence-corrected chi connectivity index (χ0v) is 12.3. The lowest BCUT2D eigenvalue weighted by molar-refractivity contribution is -0.135. The molecule has 0 radical (unpaired) electrons. The Morgan fingerprint density at radius 1 is 1.24 bits per heavy atom. The first kappa shape index (κ1) is 18.1. The van der Waals surface area contributed by atoms with Crippen LogP contribution in [0, 0.1) is 11.6 Å². The maximum Gasteiger partial charge on any atom is 0.402 e. The molecule has 1 aromatic rings. The fraction of sp³-hybridized carbons (Fsp3) is 0.455. The average Bonchev–Trinajstić information content (AvgIpc) is 2.34. The summed E-state index contributed by atoms with van der Waals surface area (Å²) in [5.74, 6) is -3.20. The predicted octanol–water partition coefficient (Wildman–Crippen LogP) is 3.28. The van der Waals surface area contributed by atoms with E-state index in [1.165, 1.54) is 6.92 Å². The summed E-state index contributed by atoms with van der Waals surface area (Å²) in [7, 11) is -4.75. The van der Waals surface area contributed by atoms with Gasteiger partial charge in [0.1, 0.15) is 17.3 Å². The lowest BCUT2D eigenvalue weighted by Gasteiger charge is -2.22. The average molecular weight is 352 g/mol. The molecule has 0 fully saturated rings. The van der Waals surface area contributed by atoms with Crippen LogP contribution < -0.4 is 0 Å². The van der Waals surface area contributed by atoms with Crippen LogP contribution in [0.5, 0.6) is 0 Å². The zero-order chi connectivity index (χ0) is 16.4. The minimum Gasteiger partial charge on any atom is -0.207 e. The number of halogens is 6. The summed E-state index contributed by atoms with van der Waals surface area (Å²) in [5.41, 5.74) is -0.708. The molecule has 0 saturated carbocycles. The van der Waals surface area contributed by atoms with E-state index in [0.29, 0.717) is 12.1 Å². The molecule has 0 spiro atoms. The van der Waals surface area contributed by atoms with Crippen molar-refractivity contribution in [3.05, 3.63) is 29.3 Å². The van der Waals surface area contributed by atoms with Crippen LogP contribution in [0.15, 0.2) is 17.0 Å². The Labute approximate surface area is 123 Å². The third-order valence-electron chi connectivity index (χ3n) is 2.61. The molecule has 0 saturated heterocycles. The van der Waals surface area contributed by atoms with Crippen LogP contribution in [-0.2, 0) is 15.9 Å². The van der Waals surface area contributed by atoms with Gasteiger partial charge in [0.15, 0.2) is 5.82 Å². The first-order valence-corrected chi connectivity index (χ1v) is 7.61. The highest BCUT2D eigenvalue weighted by Crippen LogP contribution is 2.27. The minimum absolute atomic E-state index is 0.0569. The molecule has 0 atom stereocenters. The molecule has 0 aromatic heterocycles. The number of hydrogen-bond donors (Lipinski definition) is 0. The van der Waals surface area contributed by atoms with Gasteiger partial charge in [-0.15, -0.1) is 11.6 Å². The highest BCUT2D eigenvalue weighted by Gasteiger charge is 2.37. The Hall–Kier alpha value is -0.930. The van der Waals surface area contributed by atoms with Gasteiger partial charge in [-0.1, -0.05) is 6.92 Å². The van der Waals surface area contributed by atoms with E-state index in [1.807, 2.05) is 0 Å². The second-order valence-corrected chi connectivity index (χ2v) is 6.19. The zero-order valence-electron chi connectivity index (χ0n) is 10.7. The molecule has 0 N–H and O–H groups in total. The number of rotatable bonds is 5. The molecular weight excluding hydrogens is 341 g/mol. The van der Waals surface area contributed by atoms with Crippen molar-refractivity contribution in [3.8, 4) is 0 Å². The molecule has 1 aromatic carbocycles. The summed E-state index contributed by atoms with van der Waals surface area (Å²) in [6, 6.07) is 1.23. The first-order valence-electron chi connectivity index (χ1n) is 5.64. The van der Waals surface area contributed by atoms with Crippen molar-refractivity contribution < 1.29 is 30.4 Å². The molecule has 0 aliphatic carbocycles. The Bertz CT molecular complexity index is 618. The van der Waals surface area contributed by atoms with Gasteiger partial charge < -0.3 is 0 Å². The van der Waals surface area contributed by atoms with Crippen LogP contribution in [-0.4, -0.2) is 32.0 Å². The molecule has 1 rings (SSSR count). The Morgan fingerprint density at radius 2 is 1.81 bits per heavy atom. The highest BCUT2D eigenvalue weighted by molar-refractivity contribution is 7.89. The number of alkyl halides is 4. The molecule has 10 heteroatoms. The lowest BCUT2D eigenvalue weighted by atomic mass is 10.2. The minimum atomic E-state index is -4.78. The predicted molar refractivity (Wildman–Crippen MR) is 66.4 cm³/mol. The number of sulfonamides is 1. The van der Waals surface area contributed by atoms with E-state index in [-0.39, 0.29) is 4.31 Å². The number of hydrogen-bond acceptors (Lipinski definition) is 2. The van der Waals surface area contributed by atoms with Crippen LogP contribution in [0.2, 0.25) is 0 Å². The van der Waals surface area contributed by atoms with Crippen LogP contribution in [0.4, 0.5) is 22.0 Å². The van der Waals surface area contributed by atoms with Gasteiger partial charge in [-0.3, -0.25) is 0 Å². The van der Waals surface area contributed by atoms with Crippen LogP contribution >= 0.6 is 11.6 Å². The summed E-state index contributed by atoms with van der Waals surface area (Å²) >= 11 is 5.31. The quantitative estimate of drug-likeness (QED) is 0.603. The maximum atomic E-state index is 13.9. The normalized spacial score (nSPS) is 13.0. The fourth-order valence-electron chi connectivity index (χ4n) is 1.60. The third kappa shape index (κ3) is 4.04. The summed E-state index contributed by atoms with van der Waals surface area (Å²) < 4.78 is 88.5. The second kappa shape index (κ2) is 6.45. The van der Waals surface area contributed by atoms with Gasteiger partial charge in [0.05, 0.1) is 5.88 Å². The summed E-state index contributed by atoms with van der Waals surface area (Å²) in [4.78, 5) is -1.04. The third-order valence-corrected chi connectivity index (χ3v) is 4.82. The Morgan fingerprint density at radius 3 is 2.24 bits per heavy atom. The van der Waals surface area contributed by atoms with Crippen molar-refractivity contribution in [1.29, 1.82) is 0 Å². The van der Waals surface area contributed by atoms with Crippen molar-refractivity contribution in [2.45, 2.75) is 23.9 Å². The second-order valence-electron chi connectivity index (χ2n) is 4.02. The van der Waals surface area contributed by atoms with Gasteiger partial charge >= 0.3 is 6.18 Å². The summed E-state index contributed by atoms with van der Waals surface area (Å²) in [5, 5.41) is 0. The Kier molecular flexibility index (Phi) is 5.57. The van der Waals surface area contributed by atoms with Gasteiger partial charge in [-0.2, -0.15) is 17.5 Å². The van der Waals surface area contributed by atoms with Gasteiger partial charge in [-0.05, 0) is 12.1 Å². The first-order chi connectivity index (χ1) is 9.54. The molecule has 0 bridgehead atoms. The molecule has 0 amide bonds. The molecule has 0 unspecified atom stereocenters. The van der Waals surface area contributed by atoms with E-state index in [4.69, 9.17) is 11.6 Å². The number of nitrogens with zero attached hydrogens (tertiary/aromatic N) is 1. The molecule has 21 heavy (non-hydrogen) atoms. The van der Waals surface area contributed by atoms with Gasteiger partial charge in [0.2, 0.25) is 10.0 Å². The van der Waals surface area contributed by atoms with E-state index in [0.717, 1.165) is 0 Å². The van der Waals surface area contributed by atoms with Crippen molar-refractivity contribution >= 4 is 21.6 Å². The van der Waals surface area contributed by atoms with E-state index < -0.39 is 57.3 Å². The smallest absolute Gasteiger partial charge is 0.207 e. The standard InChI is InChI=1S/C11H11ClF5NO2S/c1-2-18(6-11(15,16)17)21(19,20)9-4-3-8(13)7(5-12)10(9)14/h3-4H,2,5-6H2,1H3. The van der Waals surface area contributed by atoms with Crippen LogP contribution in [0.3, 0.4) is 0 Å². The van der Waals surface area contributed by atoms with Crippen molar-refractivity contribution in [3.63, 3.8) is 0 Å².